The molecular formula is C12H11N3O. The molecule has 0 aromatic carbocycles. The van der Waals surface area contributed by atoms with Crippen molar-refractivity contribution in [2.45, 2.75) is 18.8 Å². The van der Waals surface area contributed by atoms with E-state index >= 15 is 0 Å². The number of hydrogen-bond donors (Lipinski definition) is 0. The first kappa shape index (κ1) is 9.27. The van der Waals surface area contributed by atoms with Crippen molar-refractivity contribution >= 4 is 12.2 Å². The Kier molecular flexibility index (Phi) is 2.25. The van der Waals surface area contributed by atoms with Crippen molar-refractivity contribution in [1.82, 2.24) is 15.1 Å². The molecule has 2 heterocycles. The lowest BCUT2D eigenvalue weighted by Gasteiger charge is -1.87. The van der Waals surface area contributed by atoms with Crippen molar-refractivity contribution in [2.75, 3.05) is 0 Å². The lowest BCUT2D eigenvalue weighted by atomic mass is 10.3. The molecule has 1 aliphatic rings. The molecular weight excluding hydrogens is 202 g/mol. The lowest BCUT2D eigenvalue weighted by Crippen LogP contribution is -1.81. The van der Waals surface area contributed by atoms with Gasteiger partial charge in [-0.15, -0.1) is 0 Å². The van der Waals surface area contributed by atoms with Crippen LogP contribution in [0.3, 0.4) is 0 Å². The van der Waals surface area contributed by atoms with E-state index in [0.717, 1.165) is 11.5 Å². The van der Waals surface area contributed by atoms with Crippen LogP contribution in [0.4, 0.5) is 0 Å². The van der Waals surface area contributed by atoms with Gasteiger partial charge < -0.3 is 4.52 Å². The van der Waals surface area contributed by atoms with Crippen LogP contribution in [0.2, 0.25) is 0 Å². The maximum absolute atomic E-state index is 5.11. The van der Waals surface area contributed by atoms with Gasteiger partial charge in [0.15, 0.2) is 5.82 Å². The lowest BCUT2D eigenvalue weighted by molar-refractivity contribution is 0.403. The Balaban J connectivity index is 1.75. The molecule has 4 nitrogen and oxygen atoms in total. The normalized spacial score (nSPS) is 15.8. The Morgan fingerprint density at radius 3 is 2.94 bits per heavy atom. The Morgan fingerprint density at radius 2 is 2.19 bits per heavy atom. The van der Waals surface area contributed by atoms with Crippen molar-refractivity contribution in [1.29, 1.82) is 0 Å². The van der Waals surface area contributed by atoms with Crippen LogP contribution in [0, 0.1) is 0 Å². The summed E-state index contributed by atoms with van der Waals surface area (Å²) in [4.78, 5) is 8.47. The van der Waals surface area contributed by atoms with Gasteiger partial charge in [-0.3, -0.25) is 4.98 Å². The zero-order valence-corrected chi connectivity index (χ0v) is 8.71. The minimum Gasteiger partial charge on any atom is -0.335 e. The second-order valence-corrected chi connectivity index (χ2v) is 3.85. The van der Waals surface area contributed by atoms with Gasteiger partial charge in [0.25, 0.3) is 5.89 Å². The molecule has 0 aliphatic heterocycles. The van der Waals surface area contributed by atoms with Crippen molar-refractivity contribution in [3.63, 3.8) is 0 Å². The molecule has 2 aromatic rings. The van der Waals surface area contributed by atoms with Crippen molar-refractivity contribution in [2.24, 2.45) is 0 Å². The van der Waals surface area contributed by atoms with Gasteiger partial charge in [-0.2, -0.15) is 4.98 Å². The topological polar surface area (TPSA) is 51.8 Å². The first-order valence-corrected chi connectivity index (χ1v) is 5.34. The molecule has 2 aromatic heterocycles. The molecule has 0 spiro atoms. The first-order valence-electron chi connectivity index (χ1n) is 5.34. The Morgan fingerprint density at radius 1 is 1.25 bits per heavy atom. The molecule has 1 fully saturated rings. The largest absolute Gasteiger partial charge is 0.335 e. The zero-order chi connectivity index (χ0) is 10.8. The van der Waals surface area contributed by atoms with E-state index in [2.05, 4.69) is 15.1 Å². The van der Waals surface area contributed by atoms with Gasteiger partial charge in [-0.1, -0.05) is 11.2 Å². The van der Waals surface area contributed by atoms with Gasteiger partial charge in [0.1, 0.15) is 0 Å². The van der Waals surface area contributed by atoms with E-state index in [0.29, 0.717) is 11.8 Å². The second-order valence-electron chi connectivity index (χ2n) is 3.85. The fourth-order valence-electron chi connectivity index (χ4n) is 1.45. The van der Waals surface area contributed by atoms with Crippen LogP contribution in [-0.4, -0.2) is 15.1 Å². The SMILES string of the molecule is C(=C\c1nc(C2CC2)no1)/c1ccccn1. The molecule has 0 N–H and O–H groups in total. The quantitative estimate of drug-likeness (QED) is 0.786. The maximum Gasteiger partial charge on any atom is 0.250 e. The van der Waals surface area contributed by atoms with Gasteiger partial charge in [0.2, 0.25) is 0 Å². The summed E-state index contributed by atoms with van der Waals surface area (Å²) in [5.41, 5.74) is 0.883. The average Bonchev–Trinajstić information content (AvgIpc) is 3.08. The summed E-state index contributed by atoms with van der Waals surface area (Å²) in [7, 11) is 0. The molecule has 0 saturated heterocycles. The van der Waals surface area contributed by atoms with Crippen LogP contribution in [-0.2, 0) is 0 Å². The third kappa shape index (κ3) is 2.00. The summed E-state index contributed by atoms with van der Waals surface area (Å²) in [5.74, 6) is 1.91. The molecule has 80 valence electrons. The van der Waals surface area contributed by atoms with Gasteiger partial charge in [-0.05, 0) is 31.1 Å². The van der Waals surface area contributed by atoms with E-state index in [1.165, 1.54) is 12.8 Å². The first-order chi connectivity index (χ1) is 7.92. The van der Waals surface area contributed by atoms with Crippen LogP contribution >= 0.6 is 0 Å². The summed E-state index contributed by atoms with van der Waals surface area (Å²) < 4.78 is 5.11. The van der Waals surface area contributed by atoms with E-state index in [1.54, 1.807) is 12.3 Å². The number of pyridine rings is 1. The second kappa shape index (κ2) is 3.89. The molecule has 16 heavy (non-hydrogen) atoms. The van der Waals surface area contributed by atoms with Crippen LogP contribution < -0.4 is 0 Å². The van der Waals surface area contributed by atoms with E-state index < -0.39 is 0 Å². The Labute approximate surface area is 93.0 Å². The summed E-state index contributed by atoms with van der Waals surface area (Å²) in [5, 5.41) is 3.93. The van der Waals surface area contributed by atoms with E-state index in [-0.39, 0.29) is 0 Å². The van der Waals surface area contributed by atoms with E-state index in [9.17, 15) is 0 Å². The number of aromatic nitrogens is 3. The van der Waals surface area contributed by atoms with Gasteiger partial charge in [0, 0.05) is 18.2 Å². The smallest absolute Gasteiger partial charge is 0.250 e. The van der Waals surface area contributed by atoms with E-state index in [4.69, 9.17) is 4.52 Å². The summed E-state index contributed by atoms with van der Waals surface area (Å²) in [6.45, 7) is 0. The fourth-order valence-corrected chi connectivity index (χ4v) is 1.45. The van der Waals surface area contributed by atoms with Gasteiger partial charge in [0.05, 0.1) is 5.69 Å². The summed E-state index contributed by atoms with van der Waals surface area (Å²) in [6, 6.07) is 5.75. The standard InChI is InChI=1S/C12H11N3O/c1-2-8-13-10(3-1)6-7-11-14-12(15-16-11)9-4-5-9/h1-3,6-9H,4-5H2/b7-6+. The molecule has 1 saturated carbocycles. The number of hydrogen-bond acceptors (Lipinski definition) is 4. The average molecular weight is 213 g/mol. The molecule has 0 radical (unpaired) electrons. The highest BCUT2D eigenvalue weighted by molar-refractivity contribution is 5.63. The highest BCUT2D eigenvalue weighted by Crippen LogP contribution is 2.38. The summed E-state index contributed by atoms with van der Waals surface area (Å²) >= 11 is 0. The van der Waals surface area contributed by atoms with E-state index in [1.807, 2.05) is 24.3 Å². The molecule has 0 atom stereocenters. The fraction of sp³-hybridized carbons (Fsp3) is 0.250. The third-order valence-corrected chi connectivity index (χ3v) is 2.48. The van der Waals surface area contributed by atoms with Gasteiger partial charge in [-0.25, -0.2) is 0 Å². The zero-order valence-electron chi connectivity index (χ0n) is 8.71. The highest BCUT2D eigenvalue weighted by Gasteiger charge is 2.28. The number of rotatable bonds is 3. The van der Waals surface area contributed by atoms with Crippen LogP contribution in [0.25, 0.3) is 12.2 Å². The summed E-state index contributed by atoms with van der Waals surface area (Å²) in [6.07, 6.45) is 7.78. The van der Waals surface area contributed by atoms with Crippen molar-refractivity contribution < 1.29 is 4.52 Å². The predicted octanol–water partition coefficient (Wildman–Crippen LogP) is 2.51. The van der Waals surface area contributed by atoms with Crippen LogP contribution in [0.5, 0.6) is 0 Å². The minimum atomic E-state index is 0.528. The Bertz CT molecular complexity index is 500. The van der Waals surface area contributed by atoms with Crippen molar-refractivity contribution in [3.8, 4) is 0 Å². The predicted molar refractivity (Wildman–Crippen MR) is 59.4 cm³/mol. The highest BCUT2D eigenvalue weighted by atomic mass is 16.5. The van der Waals surface area contributed by atoms with Crippen LogP contribution in [0.1, 0.15) is 36.2 Å². The molecule has 0 unspecified atom stereocenters. The number of nitrogens with zero attached hydrogens (tertiary/aromatic N) is 3. The monoisotopic (exact) mass is 213 g/mol. The van der Waals surface area contributed by atoms with Crippen LogP contribution in [0.15, 0.2) is 28.9 Å². The Hall–Kier alpha value is -1.97. The molecule has 1 aliphatic carbocycles. The molecule has 4 heteroatoms. The van der Waals surface area contributed by atoms with Crippen molar-refractivity contribution in [3.05, 3.63) is 41.8 Å². The van der Waals surface area contributed by atoms with Gasteiger partial charge >= 0.3 is 0 Å². The molecule has 0 bridgehead atoms. The maximum atomic E-state index is 5.11. The minimum absolute atomic E-state index is 0.528. The molecule has 0 amide bonds. The molecule has 3 rings (SSSR count). The third-order valence-electron chi connectivity index (χ3n) is 2.48.